The third-order valence-electron chi connectivity index (χ3n) is 4.15. The quantitative estimate of drug-likeness (QED) is 0.816. The van der Waals surface area contributed by atoms with Gasteiger partial charge in [-0.2, -0.15) is 0 Å². The molecule has 0 heterocycles. The molecular weight excluding hydrogens is 304 g/mol. The van der Waals surface area contributed by atoms with Crippen LogP contribution in [0.25, 0.3) is 0 Å². The third kappa shape index (κ3) is 3.12. The molecule has 0 aromatic heterocycles. The zero-order chi connectivity index (χ0) is 14.0. The molecule has 3 N–H and O–H groups in total. The lowest BCUT2D eigenvalue weighted by molar-refractivity contribution is -0.114. The van der Waals surface area contributed by atoms with Gasteiger partial charge < -0.3 is 15.8 Å². The van der Waals surface area contributed by atoms with E-state index in [0.717, 1.165) is 29.7 Å². The molecule has 0 bridgehead atoms. The van der Waals surface area contributed by atoms with E-state index in [-0.39, 0.29) is 5.41 Å². The Kier molecular flexibility index (Phi) is 4.54. The van der Waals surface area contributed by atoms with Gasteiger partial charge in [-0.25, -0.2) is 0 Å². The summed E-state index contributed by atoms with van der Waals surface area (Å²) in [6.45, 7) is 8.21. The molecule has 3 nitrogen and oxygen atoms in total. The van der Waals surface area contributed by atoms with Crippen molar-refractivity contribution in [2.75, 3.05) is 12.3 Å². The number of halogens is 1. The number of hydrogen-bond donors (Lipinski definition) is 2. The molecular formula is C15H23BrN2O. The summed E-state index contributed by atoms with van der Waals surface area (Å²) < 4.78 is 6.85. The van der Waals surface area contributed by atoms with Gasteiger partial charge in [0.15, 0.2) is 0 Å². The van der Waals surface area contributed by atoms with Gasteiger partial charge in [0.1, 0.15) is 0 Å². The van der Waals surface area contributed by atoms with Crippen LogP contribution < -0.4 is 11.1 Å². The first-order valence-electron chi connectivity index (χ1n) is 6.84. The van der Waals surface area contributed by atoms with Crippen molar-refractivity contribution in [2.24, 2.45) is 5.41 Å². The van der Waals surface area contributed by atoms with Crippen molar-refractivity contribution in [1.82, 2.24) is 5.32 Å². The third-order valence-corrected chi connectivity index (χ3v) is 4.93. The largest absolute Gasteiger partial charge is 0.399 e. The highest BCUT2D eigenvalue weighted by Gasteiger charge is 2.48. The monoisotopic (exact) mass is 326 g/mol. The van der Waals surface area contributed by atoms with E-state index in [0.29, 0.717) is 12.1 Å². The van der Waals surface area contributed by atoms with Crippen LogP contribution in [0, 0.1) is 5.41 Å². The zero-order valence-electron chi connectivity index (χ0n) is 11.9. The fraction of sp³-hybridized carbons (Fsp3) is 0.600. The van der Waals surface area contributed by atoms with Gasteiger partial charge in [0, 0.05) is 34.8 Å². The van der Waals surface area contributed by atoms with Gasteiger partial charge in [-0.05, 0) is 37.1 Å². The van der Waals surface area contributed by atoms with E-state index in [1.54, 1.807) is 0 Å². The number of nitrogens with one attached hydrogen (secondary N) is 1. The first-order valence-corrected chi connectivity index (χ1v) is 7.63. The molecule has 4 heteroatoms. The van der Waals surface area contributed by atoms with Crippen molar-refractivity contribution in [3.63, 3.8) is 0 Å². The Morgan fingerprint density at radius 1 is 1.47 bits per heavy atom. The van der Waals surface area contributed by atoms with Crippen LogP contribution in [-0.2, 0) is 11.3 Å². The Labute approximate surface area is 124 Å². The van der Waals surface area contributed by atoms with Gasteiger partial charge >= 0.3 is 0 Å². The van der Waals surface area contributed by atoms with Gasteiger partial charge in [-0.15, -0.1) is 0 Å². The molecule has 106 valence electrons. The average Bonchev–Trinajstić information content (AvgIpc) is 2.36. The summed E-state index contributed by atoms with van der Waals surface area (Å²) in [4.78, 5) is 0. The predicted octanol–water partition coefficient (Wildman–Crippen LogP) is 3.32. The molecule has 0 amide bonds. The standard InChI is InChI=1S/C15H23BrN2O/c1-4-19-14-8-13(15(14,2)3)18-9-10-7-11(17)5-6-12(10)16/h5-7,13-14,18H,4,8-9,17H2,1-3H3. The highest BCUT2D eigenvalue weighted by atomic mass is 79.9. The average molecular weight is 327 g/mol. The molecule has 1 aliphatic carbocycles. The molecule has 2 unspecified atom stereocenters. The van der Waals surface area contributed by atoms with Crippen LogP contribution in [0.3, 0.4) is 0 Å². The Balaban J connectivity index is 1.92. The Morgan fingerprint density at radius 2 is 2.21 bits per heavy atom. The van der Waals surface area contributed by atoms with Crippen LogP contribution >= 0.6 is 15.9 Å². The van der Waals surface area contributed by atoms with Crippen LogP contribution in [0.2, 0.25) is 0 Å². The fourth-order valence-electron chi connectivity index (χ4n) is 2.68. The highest BCUT2D eigenvalue weighted by Crippen LogP contribution is 2.42. The molecule has 0 saturated heterocycles. The summed E-state index contributed by atoms with van der Waals surface area (Å²) in [5, 5.41) is 3.62. The van der Waals surface area contributed by atoms with Crippen molar-refractivity contribution in [1.29, 1.82) is 0 Å². The lowest BCUT2D eigenvalue weighted by atomic mass is 9.64. The van der Waals surface area contributed by atoms with E-state index in [1.807, 2.05) is 18.2 Å². The summed E-state index contributed by atoms with van der Waals surface area (Å²) >= 11 is 3.57. The lowest BCUT2D eigenvalue weighted by Crippen LogP contribution is -2.60. The number of ether oxygens (including phenoxy) is 1. The Bertz CT molecular complexity index is 448. The molecule has 0 aliphatic heterocycles. The normalized spacial score (nSPS) is 25.1. The number of hydrogen-bond acceptors (Lipinski definition) is 3. The molecule has 0 radical (unpaired) electrons. The molecule has 19 heavy (non-hydrogen) atoms. The second-order valence-corrected chi connectivity index (χ2v) is 6.64. The molecule has 2 atom stereocenters. The molecule has 1 fully saturated rings. The maximum Gasteiger partial charge on any atom is 0.0655 e. The van der Waals surface area contributed by atoms with Crippen LogP contribution in [0.15, 0.2) is 22.7 Å². The van der Waals surface area contributed by atoms with Crippen LogP contribution in [-0.4, -0.2) is 18.8 Å². The van der Waals surface area contributed by atoms with Gasteiger partial charge in [-0.3, -0.25) is 0 Å². The van der Waals surface area contributed by atoms with E-state index >= 15 is 0 Å². The number of rotatable bonds is 5. The van der Waals surface area contributed by atoms with E-state index in [2.05, 4.69) is 42.0 Å². The zero-order valence-corrected chi connectivity index (χ0v) is 13.5. The molecule has 2 rings (SSSR count). The fourth-order valence-corrected chi connectivity index (χ4v) is 3.07. The van der Waals surface area contributed by atoms with Crippen molar-refractivity contribution in [3.8, 4) is 0 Å². The first kappa shape index (κ1) is 14.8. The summed E-state index contributed by atoms with van der Waals surface area (Å²) in [5.41, 5.74) is 8.03. The summed E-state index contributed by atoms with van der Waals surface area (Å²) in [5.74, 6) is 0. The van der Waals surface area contributed by atoms with Gasteiger partial charge in [-0.1, -0.05) is 29.8 Å². The minimum atomic E-state index is 0.197. The minimum Gasteiger partial charge on any atom is -0.399 e. The Hall–Kier alpha value is -0.580. The van der Waals surface area contributed by atoms with Crippen LogP contribution in [0.5, 0.6) is 0 Å². The predicted molar refractivity (Wildman–Crippen MR) is 83.0 cm³/mol. The first-order chi connectivity index (χ1) is 8.95. The van der Waals surface area contributed by atoms with Gasteiger partial charge in [0.05, 0.1) is 6.10 Å². The summed E-state index contributed by atoms with van der Waals surface area (Å²) in [6.07, 6.45) is 1.46. The molecule has 1 saturated carbocycles. The van der Waals surface area contributed by atoms with Crippen molar-refractivity contribution in [2.45, 2.75) is 45.9 Å². The van der Waals surface area contributed by atoms with Crippen molar-refractivity contribution in [3.05, 3.63) is 28.2 Å². The van der Waals surface area contributed by atoms with E-state index < -0.39 is 0 Å². The van der Waals surface area contributed by atoms with Gasteiger partial charge in [0.25, 0.3) is 0 Å². The number of nitrogens with two attached hydrogens (primary N) is 1. The SMILES string of the molecule is CCOC1CC(NCc2cc(N)ccc2Br)C1(C)C. The van der Waals surface area contributed by atoms with Crippen molar-refractivity contribution >= 4 is 21.6 Å². The Morgan fingerprint density at radius 3 is 2.84 bits per heavy atom. The van der Waals surface area contributed by atoms with Crippen molar-refractivity contribution < 1.29 is 4.74 Å². The van der Waals surface area contributed by atoms with E-state index in [1.165, 1.54) is 5.56 Å². The summed E-state index contributed by atoms with van der Waals surface area (Å²) in [7, 11) is 0. The maximum atomic E-state index is 5.83. The topological polar surface area (TPSA) is 47.3 Å². The maximum absolute atomic E-state index is 5.83. The molecule has 1 aromatic carbocycles. The second-order valence-electron chi connectivity index (χ2n) is 5.79. The molecule has 0 spiro atoms. The van der Waals surface area contributed by atoms with E-state index in [9.17, 15) is 0 Å². The number of nitrogen functional groups attached to an aromatic ring is 1. The van der Waals surface area contributed by atoms with Crippen LogP contribution in [0.1, 0.15) is 32.8 Å². The number of anilines is 1. The minimum absolute atomic E-state index is 0.197. The van der Waals surface area contributed by atoms with Crippen LogP contribution in [0.4, 0.5) is 5.69 Å². The highest BCUT2D eigenvalue weighted by molar-refractivity contribution is 9.10. The lowest BCUT2D eigenvalue weighted by Gasteiger charge is -2.52. The smallest absolute Gasteiger partial charge is 0.0655 e. The summed E-state index contributed by atoms with van der Waals surface area (Å²) in [6, 6.07) is 6.42. The van der Waals surface area contributed by atoms with E-state index in [4.69, 9.17) is 10.5 Å². The second kappa shape index (κ2) is 5.81. The van der Waals surface area contributed by atoms with Gasteiger partial charge in [0.2, 0.25) is 0 Å². The number of benzene rings is 1. The molecule has 1 aliphatic rings. The molecule has 1 aromatic rings.